The number of hydrogen-bond acceptors (Lipinski definition) is 6. The van der Waals surface area contributed by atoms with Gasteiger partial charge in [-0.1, -0.05) is 31.0 Å². The first-order valence-electron chi connectivity index (χ1n) is 12.5. The van der Waals surface area contributed by atoms with E-state index in [4.69, 9.17) is 4.74 Å². The first-order chi connectivity index (χ1) is 18.2. The van der Waals surface area contributed by atoms with Crippen LogP contribution in [0.4, 0.5) is 4.39 Å². The molecule has 0 fully saturated rings. The van der Waals surface area contributed by atoms with Gasteiger partial charge in [-0.15, -0.1) is 0 Å². The highest BCUT2D eigenvalue weighted by Gasteiger charge is 2.38. The van der Waals surface area contributed by atoms with Gasteiger partial charge < -0.3 is 9.84 Å². The lowest BCUT2D eigenvalue weighted by atomic mass is 10.0. The Morgan fingerprint density at radius 1 is 1.18 bits per heavy atom. The number of rotatable bonds is 6. The molecule has 0 amide bonds. The second-order valence-corrected chi connectivity index (χ2v) is 11.6. The van der Waals surface area contributed by atoms with E-state index in [-0.39, 0.29) is 41.6 Å². The summed E-state index contributed by atoms with van der Waals surface area (Å²) in [5.41, 5.74) is 2.02. The van der Waals surface area contributed by atoms with E-state index in [0.717, 1.165) is 5.56 Å². The van der Waals surface area contributed by atoms with Gasteiger partial charge in [-0.25, -0.2) is 17.8 Å². The molecule has 2 heterocycles. The summed E-state index contributed by atoms with van der Waals surface area (Å²) >= 11 is 0. The fourth-order valence-electron chi connectivity index (χ4n) is 4.41. The standard InChI is InChI=1S/C29H32FN3O4S/c1-21-17-33(22(2)20-34)38(35,36)29-13-11-23(10-12-26-9-4-5-14-31-26)16-27(29)37-28(21)19-32(3)18-24-7-6-8-25(30)15-24/h4-9,11,13-16,21-22,28,34H,17-20H2,1-3H3/t21-,22+,28-/m0/s1. The van der Waals surface area contributed by atoms with Gasteiger partial charge in [0, 0.05) is 43.4 Å². The molecule has 1 aromatic heterocycles. The van der Waals surface area contributed by atoms with E-state index in [2.05, 4.69) is 16.8 Å². The maximum absolute atomic E-state index is 13.7. The summed E-state index contributed by atoms with van der Waals surface area (Å²) in [6.45, 7) is 4.47. The van der Waals surface area contributed by atoms with E-state index >= 15 is 0 Å². The maximum atomic E-state index is 13.7. The summed E-state index contributed by atoms with van der Waals surface area (Å²) in [5, 5.41) is 9.84. The molecule has 2 aromatic carbocycles. The Bertz CT molecular complexity index is 1420. The number of aliphatic hydroxyl groups excluding tert-OH is 1. The highest BCUT2D eigenvalue weighted by molar-refractivity contribution is 7.89. The number of nitrogens with zero attached hydrogens (tertiary/aromatic N) is 3. The lowest BCUT2D eigenvalue weighted by Gasteiger charge is -2.37. The van der Waals surface area contributed by atoms with E-state index in [1.54, 1.807) is 43.5 Å². The highest BCUT2D eigenvalue weighted by atomic mass is 32.2. The first-order valence-corrected chi connectivity index (χ1v) is 13.9. The minimum absolute atomic E-state index is 0.0332. The Balaban J connectivity index is 1.68. The van der Waals surface area contributed by atoms with E-state index in [0.29, 0.717) is 24.3 Å². The predicted octanol–water partition coefficient (Wildman–Crippen LogP) is 3.52. The molecule has 1 aliphatic heterocycles. The minimum atomic E-state index is -3.94. The van der Waals surface area contributed by atoms with Gasteiger partial charge in [0.05, 0.1) is 6.61 Å². The zero-order valence-corrected chi connectivity index (χ0v) is 22.5. The molecule has 4 rings (SSSR count). The second-order valence-electron chi connectivity index (χ2n) is 9.69. The average Bonchev–Trinajstić information content (AvgIpc) is 2.89. The normalized spacial score (nSPS) is 19.8. The van der Waals surface area contributed by atoms with E-state index in [1.165, 1.54) is 22.5 Å². The number of likely N-dealkylation sites (N-methyl/N-ethyl adjacent to an activating group) is 1. The monoisotopic (exact) mass is 537 g/mol. The van der Waals surface area contributed by atoms with Gasteiger partial charge in [0.25, 0.3) is 0 Å². The van der Waals surface area contributed by atoms with Crippen molar-refractivity contribution < 1.29 is 22.7 Å². The fraction of sp³-hybridized carbons (Fsp3) is 0.345. The second kappa shape index (κ2) is 12.0. The largest absolute Gasteiger partial charge is 0.487 e. The summed E-state index contributed by atoms with van der Waals surface area (Å²) in [6.07, 6.45) is 1.28. The third-order valence-corrected chi connectivity index (χ3v) is 8.52. The Morgan fingerprint density at radius 3 is 2.71 bits per heavy atom. The molecular formula is C29H32FN3O4S. The lowest BCUT2D eigenvalue weighted by molar-refractivity contribution is 0.0733. The Labute approximate surface area is 223 Å². The van der Waals surface area contributed by atoms with Crippen LogP contribution in [0.3, 0.4) is 0 Å². The van der Waals surface area contributed by atoms with Gasteiger partial charge in [-0.3, -0.25) is 4.90 Å². The van der Waals surface area contributed by atoms with Crippen LogP contribution in [0.2, 0.25) is 0 Å². The summed E-state index contributed by atoms with van der Waals surface area (Å²) < 4.78 is 48.8. The summed E-state index contributed by atoms with van der Waals surface area (Å²) in [5.74, 6) is 5.74. The van der Waals surface area contributed by atoms with Crippen LogP contribution in [0.25, 0.3) is 0 Å². The van der Waals surface area contributed by atoms with E-state index < -0.39 is 16.1 Å². The number of ether oxygens (including phenoxy) is 1. The van der Waals surface area contributed by atoms with Gasteiger partial charge in [0.2, 0.25) is 10.0 Å². The van der Waals surface area contributed by atoms with Crippen molar-refractivity contribution in [1.29, 1.82) is 0 Å². The Hall–Kier alpha value is -3.29. The molecule has 7 nitrogen and oxygen atoms in total. The summed E-state index contributed by atoms with van der Waals surface area (Å²) in [7, 11) is -2.03. The molecule has 0 saturated carbocycles. The number of sulfonamides is 1. The maximum Gasteiger partial charge on any atom is 0.247 e. The average molecular weight is 538 g/mol. The number of aromatic nitrogens is 1. The smallest absolute Gasteiger partial charge is 0.247 e. The number of aliphatic hydroxyl groups is 1. The Morgan fingerprint density at radius 2 is 2.00 bits per heavy atom. The molecule has 0 bridgehead atoms. The van der Waals surface area contributed by atoms with Crippen molar-refractivity contribution in [1.82, 2.24) is 14.2 Å². The molecule has 3 atom stereocenters. The zero-order chi connectivity index (χ0) is 27.3. The molecule has 1 N–H and O–H groups in total. The topological polar surface area (TPSA) is 83.0 Å². The van der Waals surface area contributed by atoms with Crippen molar-refractivity contribution in [3.05, 3.63) is 89.5 Å². The first kappa shape index (κ1) is 27.7. The molecule has 3 aromatic rings. The quantitative estimate of drug-likeness (QED) is 0.485. The Kier molecular flexibility index (Phi) is 8.80. The van der Waals surface area contributed by atoms with Crippen LogP contribution in [0, 0.1) is 23.6 Å². The summed E-state index contributed by atoms with van der Waals surface area (Å²) in [6, 6.07) is 16.1. The van der Waals surface area contributed by atoms with Gasteiger partial charge in [-0.2, -0.15) is 4.31 Å². The number of pyridine rings is 1. The molecule has 38 heavy (non-hydrogen) atoms. The molecule has 1 aliphatic rings. The van der Waals surface area contributed by atoms with Gasteiger partial charge in [-0.05, 0) is 67.9 Å². The highest BCUT2D eigenvalue weighted by Crippen LogP contribution is 2.34. The zero-order valence-electron chi connectivity index (χ0n) is 21.7. The predicted molar refractivity (Wildman–Crippen MR) is 143 cm³/mol. The number of hydrogen-bond donors (Lipinski definition) is 1. The van der Waals surface area contributed by atoms with Gasteiger partial charge >= 0.3 is 0 Å². The van der Waals surface area contributed by atoms with Crippen LogP contribution in [0.1, 0.15) is 30.7 Å². The molecule has 0 saturated heterocycles. The minimum Gasteiger partial charge on any atom is -0.487 e. The number of halogens is 1. The third kappa shape index (κ3) is 6.58. The van der Waals surface area contributed by atoms with Gasteiger partial charge in [0.15, 0.2) is 0 Å². The van der Waals surface area contributed by atoms with Crippen LogP contribution in [-0.4, -0.2) is 66.6 Å². The number of benzene rings is 2. The van der Waals surface area contributed by atoms with Crippen LogP contribution >= 0.6 is 0 Å². The van der Waals surface area contributed by atoms with Crippen LogP contribution in [0.15, 0.2) is 71.8 Å². The fourth-order valence-corrected chi connectivity index (χ4v) is 6.24. The van der Waals surface area contributed by atoms with E-state index in [9.17, 15) is 17.9 Å². The molecule has 0 radical (unpaired) electrons. The number of fused-ring (bicyclic) bond motifs is 1. The molecule has 0 unspecified atom stereocenters. The van der Waals surface area contributed by atoms with Crippen molar-refractivity contribution in [3.63, 3.8) is 0 Å². The van der Waals surface area contributed by atoms with Crippen LogP contribution < -0.4 is 4.74 Å². The molecule has 200 valence electrons. The van der Waals surface area contributed by atoms with Crippen LogP contribution in [-0.2, 0) is 16.6 Å². The van der Waals surface area contributed by atoms with Crippen molar-refractivity contribution >= 4 is 10.0 Å². The van der Waals surface area contributed by atoms with Gasteiger partial charge in [0.1, 0.15) is 28.3 Å². The van der Waals surface area contributed by atoms with Crippen molar-refractivity contribution in [2.75, 3.05) is 26.7 Å². The van der Waals surface area contributed by atoms with Crippen molar-refractivity contribution in [3.8, 4) is 17.6 Å². The SMILES string of the molecule is C[C@H](CO)N1C[C@H](C)[C@H](CN(C)Cc2cccc(F)c2)Oc2cc(C#Cc3ccccn3)ccc2S1(=O)=O. The lowest BCUT2D eigenvalue weighted by Crippen LogP contribution is -2.49. The molecule has 0 aliphatic carbocycles. The van der Waals surface area contributed by atoms with Crippen LogP contribution in [0.5, 0.6) is 5.75 Å². The third-order valence-electron chi connectivity index (χ3n) is 6.50. The van der Waals surface area contributed by atoms with Crippen molar-refractivity contribution in [2.45, 2.75) is 37.4 Å². The molecule has 9 heteroatoms. The molecular weight excluding hydrogens is 505 g/mol. The van der Waals surface area contributed by atoms with Crippen molar-refractivity contribution in [2.24, 2.45) is 5.92 Å². The summed E-state index contributed by atoms with van der Waals surface area (Å²) in [4.78, 5) is 6.26. The van der Waals surface area contributed by atoms with E-state index in [1.807, 2.05) is 31.0 Å². The molecule has 0 spiro atoms.